The minimum absolute atomic E-state index is 0.386. The zero-order chi connectivity index (χ0) is 31.1. The third kappa shape index (κ3) is 3.37. The second-order valence-electron chi connectivity index (χ2n) is 12.7. The minimum Gasteiger partial charge on any atom is -0.192 e. The number of nitriles is 1. The Morgan fingerprint density at radius 3 is 1.21 bits per heavy atom. The molecule has 0 bridgehead atoms. The van der Waals surface area contributed by atoms with E-state index in [-0.39, 0.29) is 5.41 Å². The molecule has 0 aliphatic heterocycles. The van der Waals surface area contributed by atoms with Crippen LogP contribution in [0.15, 0.2) is 164 Å². The lowest BCUT2D eigenvalue weighted by Crippen LogP contribution is -2.25. The third-order valence-corrected chi connectivity index (χ3v) is 10.5. The molecule has 47 heavy (non-hydrogen) atoms. The van der Waals surface area contributed by atoms with Gasteiger partial charge in [-0.05, 0) is 107 Å². The molecule has 10 rings (SSSR count). The van der Waals surface area contributed by atoms with Gasteiger partial charge in [0.1, 0.15) is 0 Å². The van der Waals surface area contributed by atoms with Crippen molar-refractivity contribution in [3.05, 3.63) is 192 Å². The van der Waals surface area contributed by atoms with E-state index in [0.717, 1.165) is 5.56 Å². The minimum atomic E-state index is -0.386. The Bertz CT molecular complexity index is 2510. The zero-order valence-electron chi connectivity index (χ0n) is 25.5. The number of rotatable bonds is 2. The van der Waals surface area contributed by atoms with E-state index in [0.29, 0.717) is 5.56 Å². The van der Waals surface area contributed by atoms with Crippen molar-refractivity contribution in [3.8, 4) is 50.6 Å². The molecule has 0 saturated carbocycles. The molecule has 0 radical (unpaired) electrons. The third-order valence-electron chi connectivity index (χ3n) is 10.5. The van der Waals surface area contributed by atoms with Gasteiger partial charge in [-0.15, -0.1) is 0 Å². The van der Waals surface area contributed by atoms with Crippen molar-refractivity contribution in [1.29, 1.82) is 5.26 Å². The maximum atomic E-state index is 9.46. The fraction of sp³-hybridized carbons (Fsp3) is 0.0217. The van der Waals surface area contributed by atoms with Crippen molar-refractivity contribution in [3.63, 3.8) is 0 Å². The zero-order valence-corrected chi connectivity index (χ0v) is 25.5. The monoisotopic (exact) mass is 593 g/mol. The fourth-order valence-electron chi connectivity index (χ4n) is 8.71. The van der Waals surface area contributed by atoms with Gasteiger partial charge in [-0.2, -0.15) is 5.26 Å². The van der Waals surface area contributed by atoms with E-state index in [2.05, 4.69) is 158 Å². The Balaban J connectivity index is 1.31. The predicted molar refractivity (Wildman–Crippen MR) is 193 cm³/mol. The largest absolute Gasteiger partial charge is 0.192 e. The normalized spacial score (nSPS) is 13.3. The molecule has 8 aromatic carbocycles. The Morgan fingerprint density at radius 2 is 0.745 bits per heavy atom. The van der Waals surface area contributed by atoms with Crippen molar-refractivity contribution < 1.29 is 0 Å². The molecule has 216 valence electrons. The molecule has 1 spiro atoms. The first-order chi connectivity index (χ1) is 23.3. The fourth-order valence-corrected chi connectivity index (χ4v) is 8.71. The van der Waals surface area contributed by atoms with Crippen LogP contribution >= 0.6 is 0 Å². The van der Waals surface area contributed by atoms with Crippen molar-refractivity contribution in [2.24, 2.45) is 0 Å². The van der Waals surface area contributed by atoms with Crippen LogP contribution in [-0.2, 0) is 5.41 Å². The SMILES string of the molecule is N#Cc1ccc(-c2c3ccccc3c(-c3ccc4c(c3)C3(c5ccccc5-c5ccccc53)c3ccccc3-4)c3ccccc23)cc1. The first-order valence-electron chi connectivity index (χ1n) is 16.2. The first-order valence-corrected chi connectivity index (χ1v) is 16.2. The van der Waals surface area contributed by atoms with Crippen LogP contribution in [0.5, 0.6) is 0 Å². The average Bonchev–Trinajstić information content (AvgIpc) is 3.61. The second kappa shape index (κ2) is 9.63. The molecule has 0 heterocycles. The Labute approximate surface area is 273 Å². The average molecular weight is 594 g/mol. The summed E-state index contributed by atoms with van der Waals surface area (Å²) in [5.41, 5.74) is 15.7. The molecule has 2 aliphatic rings. The van der Waals surface area contributed by atoms with E-state index in [1.807, 2.05) is 12.1 Å². The molecule has 0 unspecified atom stereocenters. The van der Waals surface area contributed by atoms with Crippen LogP contribution in [0.2, 0.25) is 0 Å². The number of hydrogen-bond donors (Lipinski definition) is 0. The van der Waals surface area contributed by atoms with E-state index < -0.39 is 0 Å². The summed E-state index contributed by atoms with van der Waals surface area (Å²) < 4.78 is 0. The number of benzene rings is 8. The first kappa shape index (κ1) is 26.0. The molecule has 2 aliphatic carbocycles. The molecule has 0 N–H and O–H groups in total. The molecule has 0 fully saturated rings. The van der Waals surface area contributed by atoms with Crippen LogP contribution < -0.4 is 0 Å². The van der Waals surface area contributed by atoms with E-state index in [1.54, 1.807) is 0 Å². The highest BCUT2D eigenvalue weighted by Gasteiger charge is 2.51. The highest BCUT2D eigenvalue weighted by molar-refractivity contribution is 6.21. The van der Waals surface area contributed by atoms with Gasteiger partial charge in [0, 0.05) is 0 Å². The second-order valence-corrected chi connectivity index (χ2v) is 12.7. The molecule has 0 amide bonds. The highest BCUT2D eigenvalue weighted by atomic mass is 14.5. The van der Waals surface area contributed by atoms with E-state index in [9.17, 15) is 5.26 Å². The summed E-state index contributed by atoms with van der Waals surface area (Å²) in [4.78, 5) is 0. The van der Waals surface area contributed by atoms with Crippen LogP contribution in [-0.4, -0.2) is 0 Å². The molecular formula is C46H27N. The van der Waals surface area contributed by atoms with Crippen LogP contribution in [0.25, 0.3) is 66.1 Å². The molecule has 0 saturated heterocycles. The quantitative estimate of drug-likeness (QED) is 0.183. The molecular weight excluding hydrogens is 567 g/mol. The highest BCUT2D eigenvalue weighted by Crippen LogP contribution is 2.63. The van der Waals surface area contributed by atoms with E-state index in [1.165, 1.54) is 82.7 Å². The number of hydrogen-bond acceptors (Lipinski definition) is 1. The summed E-state index contributed by atoms with van der Waals surface area (Å²) in [6.45, 7) is 0. The van der Waals surface area contributed by atoms with Crippen molar-refractivity contribution >= 4 is 21.5 Å². The Hall–Kier alpha value is -6.23. The van der Waals surface area contributed by atoms with Crippen LogP contribution in [0, 0.1) is 11.3 Å². The van der Waals surface area contributed by atoms with Gasteiger partial charge in [0.05, 0.1) is 17.0 Å². The van der Waals surface area contributed by atoms with Gasteiger partial charge in [0.15, 0.2) is 0 Å². The van der Waals surface area contributed by atoms with Gasteiger partial charge in [0.2, 0.25) is 0 Å². The molecule has 8 aromatic rings. The molecule has 1 heteroatoms. The van der Waals surface area contributed by atoms with Crippen molar-refractivity contribution in [2.45, 2.75) is 5.41 Å². The van der Waals surface area contributed by atoms with Crippen molar-refractivity contribution in [2.75, 3.05) is 0 Å². The molecule has 0 atom stereocenters. The number of nitrogens with zero attached hydrogens (tertiary/aromatic N) is 1. The van der Waals surface area contributed by atoms with Crippen LogP contribution in [0.4, 0.5) is 0 Å². The smallest absolute Gasteiger partial charge is 0.0991 e. The van der Waals surface area contributed by atoms with Gasteiger partial charge in [0.25, 0.3) is 0 Å². The van der Waals surface area contributed by atoms with Gasteiger partial charge >= 0.3 is 0 Å². The lowest BCUT2D eigenvalue weighted by Gasteiger charge is -2.30. The summed E-state index contributed by atoms with van der Waals surface area (Å²) in [7, 11) is 0. The predicted octanol–water partition coefficient (Wildman–Crippen LogP) is 11.5. The van der Waals surface area contributed by atoms with Gasteiger partial charge in [-0.3, -0.25) is 0 Å². The van der Waals surface area contributed by atoms with Crippen LogP contribution in [0.1, 0.15) is 27.8 Å². The van der Waals surface area contributed by atoms with Gasteiger partial charge in [-0.25, -0.2) is 0 Å². The van der Waals surface area contributed by atoms with Gasteiger partial charge in [-0.1, -0.05) is 146 Å². The summed E-state index contributed by atoms with van der Waals surface area (Å²) in [6, 6.07) is 62.0. The lowest BCUT2D eigenvalue weighted by atomic mass is 9.70. The van der Waals surface area contributed by atoms with Crippen LogP contribution in [0.3, 0.4) is 0 Å². The summed E-state index contributed by atoms with van der Waals surface area (Å²) in [6.07, 6.45) is 0. The Morgan fingerprint density at radius 1 is 0.362 bits per heavy atom. The lowest BCUT2D eigenvalue weighted by molar-refractivity contribution is 0.794. The molecule has 0 aromatic heterocycles. The standard InChI is InChI=1S/C46H27N/c47-28-29-21-23-30(24-22-29)44-36-14-1-3-16-38(36)45(39-17-4-2-15-37(39)44)31-25-26-35-34-13-7-10-20-42(34)46(43(35)27-31)40-18-8-5-11-32(40)33-12-6-9-19-41(33)46/h1-27H. The summed E-state index contributed by atoms with van der Waals surface area (Å²) >= 11 is 0. The maximum Gasteiger partial charge on any atom is 0.0991 e. The summed E-state index contributed by atoms with van der Waals surface area (Å²) in [5, 5.41) is 14.3. The maximum absolute atomic E-state index is 9.46. The molecule has 1 nitrogen and oxygen atoms in total. The van der Waals surface area contributed by atoms with Gasteiger partial charge < -0.3 is 0 Å². The Kier molecular flexibility index (Phi) is 5.34. The number of fused-ring (bicyclic) bond motifs is 12. The van der Waals surface area contributed by atoms with E-state index in [4.69, 9.17) is 0 Å². The summed E-state index contributed by atoms with van der Waals surface area (Å²) in [5.74, 6) is 0. The van der Waals surface area contributed by atoms with Crippen molar-refractivity contribution in [1.82, 2.24) is 0 Å². The van der Waals surface area contributed by atoms with E-state index >= 15 is 0 Å². The topological polar surface area (TPSA) is 23.8 Å².